The number of fused-ring (bicyclic) bond motifs is 1. The summed E-state index contributed by atoms with van der Waals surface area (Å²) in [6.45, 7) is 5.36. The Bertz CT molecular complexity index is 530. The fourth-order valence-corrected chi connectivity index (χ4v) is 1.87. The van der Waals surface area contributed by atoms with Crippen molar-refractivity contribution in [1.82, 2.24) is 14.9 Å². The molecule has 17 heavy (non-hydrogen) atoms. The van der Waals surface area contributed by atoms with Crippen LogP contribution in [0.5, 0.6) is 0 Å². The van der Waals surface area contributed by atoms with Gasteiger partial charge in [-0.25, -0.2) is 9.97 Å². The first-order valence-corrected chi connectivity index (χ1v) is 5.76. The van der Waals surface area contributed by atoms with E-state index in [-0.39, 0.29) is 5.91 Å². The third-order valence-electron chi connectivity index (χ3n) is 2.82. The van der Waals surface area contributed by atoms with E-state index >= 15 is 0 Å². The Hall–Kier alpha value is -1.97. The van der Waals surface area contributed by atoms with Gasteiger partial charge in [0.2, 0.25) is 0 Å². The van der Waals surface area contributed by atoms with E-state index in [2.05, 4.69) is 9.97 Å². The number of rotatable bonds is 3. The Balaban J connectivity index is 2.52. The molecule has 1 aromatic carbocycles. The van der Waals surface area contributed by atoms with Crippen LogP contribution in [-0.4, -0.2) is 33.9 Å². The number of carbonyl (C=O) groups excluding carboxylic acids is 1. The van der Waals surface area contributed by atoms with Crippen molar-refractivity contribution in [2.45, 2.75) is 13.8 Å². The molecule has 1 heterocycles. The summed E-state index contributed by atoms with van der Waals surface area (Å²) >= 11 is 0. The molecule has 0 saturated heterocycles. The number of benzene rings is 1. The minimum Gasteiger partial charge on any atom is -0.339 e. The Kier molecular flexibility index (Phi) is 3.32. The number of para-hydroxylation sites is 1. The summed E-state index contributed by atoms with van der Waals surface area (Å²) in [7, 11) is 0. The maximum absolute atomic E-state index is 12.3. The number of nitrogens with zero attached hydrogens (tertiary/aromatic N) is 3. The van der Waals surface area contributed by atoms with Crippen LogP contribution in [-0.2, 0) is 0 Å². The normalized spacial score (nSPS) is 10.5. The molecule has 0 saturated carbocycles. The first kappa shape index (κ1) is 11.5. The van der Waals surface area contributed by atoms with E-state index in [4.69, 9.17) is 0 Å². The van der Waals surface area contributed by atoms with Crippen LogP contribution in [0.15, 0.2) is 30.7 Å². The number of carbonyl (C=O) groups is 1. The maximum atomic E-state index is 12.3. The summed E-state index contributed by atoms with van der Waals surface area (Å²) in [6, 6.07) is 5.59. The van der Waals surface area contributed by atoms with Crippen molar-refractivity contribution in [2.75, 3.05) is 13.1 Å². The lowest BCUT2D eigenvalue weighted by Gasteiger charge is -2.19. The summed E-state index contributed by atoms with van der Waals surface area (Å²) in [5.41, 5.74) is 1.37. The average Bonchev–Trinajstić information content (AvgIpc) is 2.39. The van der Waals surface area contributed by atoms with E-state index in [0.717, 1.165) is 10.9 Å². The molecule has 0 unspecified atom stereocenters. The second-order valence-corrected chi connectivity index (χ2v) is 3.74. The van der Waals surface area contributed by atoms with Crippen molar-refractivity contribution >= 4 is 16.8 Å². The largest absolute Gasteiger partial charge is 0.339 e. The van der Waals surface area contributed by atoms with Crippen LogP contribution in [0.4, 0.5) is 0 Å². The molecular formula is C13H15N3O. The predicted octanol–water partition coefficient (Wildman–Crippen LogP) is 2.11. The highest BCUT2D eigenvalue weighted by atomic mass is 16.2. The molecule has 4 nitrogen and oxygen atoms in total. The van der Waals surface area contributed by atoms with E-state index in [1.165, 1.54) is 6.33 Å². The summed E-state index contributed by atoms with van der Waals surface area (Å²) in [5.74, 6) is 0.0271. The van der Waals surface area contributed by atoms with Gasteiger partial charge in [-0.1, -0.05) is 12.1 Å². The Labute approximate surface area is 100 Å². The van der Waals surface area contributed by atoms with Crippen LogP contribution in [0, 0.1) is 0 Å². The monoisotopic (exact) mass is 229 g/mol. The first-order chi connectivity index (χ1) is 8.27. The van der Waals surface area contributed by atoms with E-state index in [0.29, 0.717) is 18.7 Å². The van der Waals surface area contributed by atoms with Gasteiger partial charge in [0.25, 0.3) is 5.91 Å². The molecule has 0 radical (unpaired) electrons. The zero-order valence-electron chi connectivity index (χ0n) is 10.1. The Morgan fingerprint density at radius 1 is 1.29 bits per heavy atom. The summed E-state index contributed by atoms with van der Waals surface area (Å²) < 4.78 is 0. The molecule has 2 rings (SSSR count). The summed E-state index contributed by atoms with van der Waals surface area (Å²) in [5, 5.41) is 0.894. The molecule has 2 aromatic rings. The summed E-state index contributed by atoms with van der Waals surface area (Å²) in [6.07, 6.45) is 3.20. The molecule has 0 aliphatic rings. The highest BCUT2D eigenvalue weighted by Gasteiger charge is 2.15. The minimum atomic E-state index is 0.0271. The number of amides is 1. The zero-order valence-corrected chi connectivity index (χ0v) is 10.1. The van der Waals surface area contributed by atoms with Crippen molar-refractivity contribution in [1.29, 1.82) is 0 Å². The molecule has 88 valence electrons. The fourth-order valence-electron chi connectivity index (χ4n) is 1.87. The molecule has 0 aliphatic carbocycles. The van der Waals surface area contributed by atoms with Gasteiger partial charge >= 0.3 is 0 Å². The van der Waals surface area contributed by atoms with Crippen molar-refractivity contribution in [3.63, 3.8) is 0 Å². The van der Waals surface area contributed by atoms with Crippen molar-refractivity contribution < 1.29 is 4.79 Å². The van der Waals surface area contributed by atoms with Crippen LogP contribution in [0.1, 0.15) is 24.2 Å². The second kappa shape index (κ2) is 4.91. The van der Waals surface area contributed by atoms with E-state index in [1.807, 2.05) is 32.0 Å². The Morgan fingerprint density at radius 3 is 2.76 bits per heavy atom. The van der Waals surface area contributed by atoms with Gasteiger partial charge in [0.05, 0.1) is 11.1 Å². The summed E-state index contributed by atoms with van der Waals surface area (Å²) in [4.78, 5) is 22.2. The van der Waals surface area contributed by atoms with Gasteiger partial charge in [0.1, 0.15) is 6.33 Å². The highest BCUT2D eigenvalue weighted by Crippen LogP contribution is 2.16. The molecule has 0 spiro atoms. The van der Waals surface area contributed by atoms with Gasteiger partial charge in [-0.3, -0.25) is 4.79 Å². The SMILES string of the molecule is CCN(CC)C(=O)c1cccc2cncnc12. The lowest BCUT2D eigenvalue weighted by atomic mass is 10.1. The average molecular weight is 229 g/mol. The van der Waals surface area contributed by atoms with Crippen LogP contribution in [0.3, 0.4) is 0 Å². The molecule has 0 aliphatic heterocycles. The molecule has 1 aromatic heterocycles. The van der Waals surface area contributed by atoms with Gasteiger partial charge < -0.3 is 4.90 Å². The van der Waals surface area contributed by atoms with Gasteiger partial charge in [-0.15, -0.1) is 0 Å². The minimum absolute atomic E-state index is 0.0271. The van der Waals surface area contributed by atoms with Gasteiger partial charge in [-0.05, 0) is 19.9 Å². The van der Waals surface area contributed by atoms with Crippen LogP contribution >= 0.6 is 0 Å². The second-order valence-electron chi connectivity index (χ2n) is 3.74. The van der Waals surface area contributed by atoms with E-state index in [9.17, 15) is 4.79 Å². The molecule has 1 amide bonds. The lowest BCUT2D eigenvalue weighted by molar-refractivity contribution is 0.0775. The molecule has 4 heteroatoms. The first-order valence-electron chi connectivity index (χ1n) is 5.76. The molecule has 0 bridgehead atoms. The number of hydrogen-bond acceptors (Lipinski definition) is 3. The third kappa shape index (κ3) is 2.11. The van der Waals surface area contributed by atoms with E-state index < -0.39 is 0 Å². The molecule has 0 atom stereocenters. The maximum Gasteiger partial charge on any atom is 0.256 e. The number of hydrogen-bond donors (Lipinski definition) is 0. The fraction of sp³-hybridized carbons (Fsp3) is 0.308. The topological polar surface area (TPSA) is 46.1 Å². The van der Waals surface area contributed by atoms with Crippen molar-refractivity contribution in [3.05, 3.63) is 36.3 Å². The lowest BCUT2D eigenvalue weighted by Crippen LogP contribution is -2.30. The van der Waals surface area contributed by atoms with Crippen molar-refractivity contribution in [3.8, 4) is 0 Å². The van der Waals surface area contributed by atoms with Gasteiger partial charge in [0, 0.05) is 24.7 Å². The van der Waals surface area contributed by atoms with Crippen LogP contribution < -0.4 is 0 Å². The third-order valence-corrected chi connectivity index (χ3v) is 2.82. The van der Waals surface area contributed by atoms with Gasteiger partial charge in [-0.2, -0.15) is 0 Å². The van der Waals surface area contributed by atoms with E-state index in [1.54, 1.807) is 11.1 Å². The van der Waals surface area contributed by atoms with Crippen LogP contribution in [0.25, 0.3) is 10.9 Å². The quantitative estimate of drug-likeness (QED) is 0.809. The highest BCUT2D eigenvalue weighted by molar-refractivity contribution is 6.05. The van der Waals surface area contributed by atoms with Crippen molar-refractivity contribution in [2.24, 2.45) is 0 Å². The molecule has 0 N–H and O–H groups in total. The predicted molar refractivity (Wildman–Crippen MR) is 66.8 cm³/mol. The molecular weight excluding hydrogens is 214 g/mol. The molecule has 0 fully saturated rings. The number of aromatic nitrogens is 2. The van der Waals surface area contributed by atoms with Crippen LogP contribution in [0.2, 0.25) is 0 Å². The standard InChI is InChI=1S/C13H15N3O/c1-3-16(4-2)13(17)11-7-5-6-10-8-14-9-15-12(10)11/h5-9H,3-4H2,1-2H3. The Morgan fingerprint density at radius 2 is 2.06 bits per heavy atom. The zero-order chi connectivity index (χ0) is 12.3. The van der Waals surface area contributed by atoms with Gasteiger partial charge in [0.15, 0.2) is 0 Å². The smallest absolute Gasteiger partial charge is 0.256 e.